The molecule has 1 aromatic carbocycles. The molecule has 0 saturated heterocycles. The molecule has 0 fully saturated rings. The van der Waals surface area contributed by atoms with E-state index in [1.54, 1.807) is 48.0 Å². The predicted molar refractivity (Wildman–Crippen MR) is 140 cm³/mol. The van der Waals surface area contributed by atoms with Gasteiger partial charge < -0.3 is 20.9 Å². The van der Waals surface area contributed by atoms with E-state index >= 15 is 0 Å². The summed E-state index contributed by atoms with van der Waals surface area (Å²) in [6, 6.07) is 15.3. The topological polar surface area (TPSA) is 111 Å². The highest BCUT2D eigenvalue weighted by Crippen LogP contribution is 2.29. The molecule has 5 rings (SSSR count). The molecule has 8 nitrogen and oxygen atoms in total. The van der Waals surface area contributed by atoms with E-state index in [4.69, 9.17) is 5.73 Å². The van der Waals surface area contributed by atoms with Crippen molar-refractivity contribution in [2.75, 3.05) is 11.1 Å². The Morgan fingerprint density at radius 2 is 1.97 bits per heavy atom. The van der Waals surface area contributed by atoms with Gasteiger partial charge in [-0.05, 0) is 55.0 Å². The van der Waals surface area contributed by atoms with E-state index in [0.717, 1.165) is 32.0 Å². The number of aryl methyl sites for hydroxylation is 1. The van der Waals surface area contributed by atoms with Crippen LogP contribution in [0, 0.1) is 5.82 Å². The Labute approximate surface area is 211 Å². The summed E-state index contributed by atoms with van der Waals surface area (Å²) in [5.74, 6) is 0.358. The molecule has 0 radical (unpaired) electrons. The van der Waals surface area contributed by atoms with Gasteiger partial charge >= 0.3 is 0 Å². The molecule has 182 valence electrons. The van der Waals surface area contributed by atoms with Crippen molar-refractivity contribution in [1.82, 2.24) is 24.8 Å². The monoisotopic (exact) mass is 501 g/mol. The standard InChI is InChI=1S/C26H24FN7OS/c1-15(16-5-7-17(27)8-6-16)32-25(35)19-4-3-11-29-24(19)31-13-18-9-10-23(36-18)20-12-22-21(14-30-20)33-26(28)34(22)2/h3-12,14-15H,13H2,1-2H3,(H2,28,33)(H,29,31)(H,32,35). The number of nitrogen functional groups attached to an aromatic ring is 1. The van der Waals surface area contributed by atoms with Crippen LogP contribution in [0.4, 0.5) is 16.2 Å². The van der Waals surface area contributed by atoms with Crippen molar-refractivity contribution in [3.8, 4) is 10.6 Å². The minimum atomic E-state index is -0.314. The van der Waals surface area contributed by atoms with Gasteiger partial charge in [-0.1, -0.05) is 12.1 Å². The number of fused-ring (bicyclic) bond motifs is 1. The summed E-state index contributed by atoms with van der Waals surface area (Å²) in [4.78, 5) is 28.2. The number of carbonyl (C=O) groups excluding carboxylic acids is 1. The number of nitrogens with two attached hydrogens (primary N) is 1. The third-order valence-electron chi connectivity index (χ3n) is 5.92. The predicted octanol–water partition coefficient (Wildman–Crippen LogP) is 4.92. The molecular formula is C26H24FN7OS. The molecule has 1 atom stereocenters. The Bertz CT molecular complexity index is 1540. The summed E-state index contributed by atoms with van der Waals surface area (Å²) < 4.78 is 15.1. The zero-order valence-electron chi connectivity index (χ0n) is 19.7. The molecule has 0 spiro atoms. The molecule has 0 bridgehead atoms. The molecule has 4 N–H and O–H groups in total. The zero-order chi connectivity index (χ0) is 25.2. The third-order valence-corrected chi connectivity index (χ3v) is 7.02. The molecule has 0 aliphatic carbocycles. The molecule has 5 aromatic rings. The lowest BCUT2D eigenvalue weighted by Gasteiger charge is -2.16. The van der Waals surface area contributed by atoms with Gasteiger partial charge in [0, 0.05) is 18.1 Å². The molecule has 4 heterocycles. The number of rotatable bonds is 7. The number of amides is 1. The van der Waals surface area contributed by atoms with E-state index in [-0.39, 0.29) is 17.8 Å². The summed E-state index contributed by atoms with van der Waals surface area (Å²) in [5, 5.41) is 6.23. The minimum absolute atomic E-state index is 0.262. The lowest BCUT2D eigenvalue weighted by Crippen LogP contribution is -2.27. The Balaban J connectivity index is 1.28. The van der Waals surface area contributed by atoms with Crippen molar-refractivity contribution in [3.63, 3.8) is 0 Å². The first-order chi connectivity index (χ1) is 17.4. The summed E-state index contributed by atoms with van der Waals surface area (Å²) in [6.45, 7) is 2.35. The maximum absolute atomic E-state index is 13.2. The molecular weight excluding hydrogens is 477 g/mol. The molecule has 0 saturated carbocycles. The van der Waals surface area contributed by atoms with Crippen LogP contribution in [0.5, 0.6) is 0 Å². The van der Waals surface area contributed by atoms with E-state index in [1.165, 1.54) is 12.1 Å². The second-order valence-electron chi connectivity index (χ2n) is 8.35. The number of imidazole rings is 1. The molecule has 36 heavy (non-hydrogen) atoms. The summed E-state index contributed by atoms with van der Waals surface area (Å²) >= 11 is 1.60. The maximum atomic E-state index is 13.2. The molecule has 4 aromatic heterocycles. The number of hydrogen-bond acceptors (Lipinski definition) is 7. The first kappa shape index (κ1) is 23.4. The Kier molecular flexibility index (Phi) is 6.34. The van der Waals surface area contributed by atoms with Crippen LogP contribution in [0.25, 0.3) is 21.6 Å². The van der Waals surface area contributed by atoms with Gasteiger partial charge in [-0.25, -0.2) is 14.4 Å². The van der Waals surface area contributed by atoms with Gasteiger partial charge in [0.2, 0.25) is 5.95 Å². The SMILES string of the molecule is CC(NC(=O)c1cccnc1NCc1ccc(-c2cc3c(cn2)nc(N)n3C)s1)c1ccc(F)cc1. The highest BCUT2D eigenvalue weighted by molar-refractivity contribution is 7.15. The largest absolute Gasteiger partial charge is 0.369 e. The van der Waals surface area contributed by atoms with Crippen molar-refractivity contribution in [2.45, 2.75) is 19.5 Å². The van der Waals surface area contributed by atoms with Crippen LogP contribution in [0.15, 0.2) is 67.0 Å². The molecule has 10 heteroatoms. The Hall–Kier alpha value is -4.31. The van der Waals surface area contributed by atoms with Gasteiger partial charge in [-0.15, -0.1) is 11.3 Å². The quantitative estimate of drug-likeness (QED) is 0.292. The van der Waals surface area contributed by atoms with E-state index in [0.29, 0.717) is 23.9 Å². The van der Waals surface area contributed by atoms with Crippen molar-refractivity contribution >= 4 is 40.0 Å². The van der Waals surface area contributed by atoms with Gasteiger partial charge in [0.15, 0.2) is 0 Å². The third kappa shape index (κ3) is 4.76. The van der Waals surface area contributed by atoms with Crippen LogP contribution in [0.1, 0.15) is 33.8 Å². The van der Waals surface area contributed by atoms with Crippen LogP contribution in [-0.2, 0) is 13.6 Å². The van der Waals surface area contributed by atoms with E-state index < -0.39 is 0 Å². The summed E-state index contributed by atoms with van der Waals surface area (Å²) in [6.07, 6.45) is 3.37. The highest BCUT2D eigenvalue weighted by atomic mass is 32.1. The number of hydrogen-bond donors (Lipinski definition) is 3. The number of carbonyl (C=O) groups is 1. The van der Waals surface area contributed by atoms with E-state index in [1.807, 2.05) is 36.7 Å². The number of benzene rings is 1. The number of nitrogens with one attached hydrogen (secondary N) is 2. The first-order valence-electron chi connectivity index (χ1n) is 11.3. The summed E-state index contributed by atoms with van der Waals surface area (Å²) in [7, 11) is 1.87. The van der Waals surface area contributed by atoms with Crippen LogP contribution >= 0.6 is 11.3 Å². The molecule has 0 aliphatic heterocycles. The number of pyridine rings is 2. The lowest BCUT2D eigenvalue weighted by atomic mass is 10.1. The fraction of sp³-hybridized carbons (Fsp3) is 0.154. The van der Waals surface area contributed by atoms with Crippen LogP contribution in [0.2, 0.25) is 0 Å². The van der Waals surface area contributed by atoms with Crippen LogP contribution in [0.3, 0.4) is 0 Å². The van der Waals surface area contributed by atoms with Crippen molar-refractivity contribution in [1.29, 1.82) is 0 Å². The van der Waals surface area contributed by atoms with Gasteiger partial charge in [-0.3, -0.25) is 9.78 Å². The smallest absolute Gasteiger partial charge is 0.255 e. The Morgan fingerprint density at radius 1 is 1.17 bits per heavy atom. The molecule has 1 unspecified atom stereocenters. The van der Waals surface area contributed by atoms with Gasteiger partial charge in [-0.2, -0.15) is 0 Å². The van der Waals surface area contributed by atoms with E-state index in [9.17, 15) is 9.18 Å². The molecule has 0 aliphatic rings. The number of nitrogens with zero attached hydrogens (tertiary/aromatic N) is 4. The lowest BCUT2D eigenvalue weighted by molar-refractivity contribution is 0.0940. The maximum Gasteiger partial charge on any atom is 0.255 e. The summed E-state index contributed by atoms with van der Waals surface area (Å²) in [5.41, 5.74) is 9.67. The second-order valence-corrected chi connectivity index (χ2v) is 9.52. The van der Waals surface area contributed by atoms with Gasteiger partial charge in [0.1, 0.15) is 17.2 Å². The number of aromatic nitrogens is 4. The average molecular weight is 502 g/mol. The zero-order valence-corrected chi connectivity index (χ0v) is 20.5. The van der Waals surface area contributed by atoms with Crippen molar-refractivity contribution in [3.05, 3.63) is 88.8 Å². The van der Waals surface area contributed by atoms with Gasteiger partial charge in [0.05, 0.1) is 40.4 Å². The van der Waals surface area contributed by atoms with Crippen LogP contribution in [-0.4, -0.2) is 25.4 Å². The van der Waals surface area contributed by atoms with Crippen molar-refractivity contribution in [2.24, 2.45) is 7.05 Å². The average Bonchev–Trinajstić information content (AvgIpc) is 3.47. The fourth-order valence-corrected chi connectivity index (χ4v) is 4.78. The van der Waals surface area contributed by atoms with E-state index in [2.05, 4.69) is 25.6 Å². The highest BCUT2D eigenvalue weighted by Gasteiger charge is 2.16. The first-order valence-corrected chi connectivity index (χ1v) is 12.1. The molecule has 1 amide bonds. The number of anilines is 2. The minimum Gasteiger partial charge on any atom is -0.369 e. The van der Waals surface area contributed by atoms with Crippen LogP contribution < -0.4 is 16.4 Å². The normalized spacial score (nSPS) is 12.0. The fourth-order valence-electron chi connectivity index (χ4n) is 3.87. The number of halogens is 1. The van der Waals surface area contributed by atoms with Crippen molar-refractivity contribution < 1.29 is 9.18 Å². The Morgan fingerprint density at radius 3 is 2.78 bits per heavy atom. The second kappa shape index (κ2) is 9.74. The number of thiophene rings is 1. The van der Waals surface area contributed by atoms with Gasteiger partial charge in [0.25, 0.3) is 5.91 Å².